The van der Waals surface area contributed by atoms with Crippen LogP contribution in [0.15, 0.2) is 150 Å². The van der Waals surface area contributed by atoms with Crippen molar-refractivity contribution in [3.8, 4) is 45.5 Å². The Kier molecular flexibility index (Phi) is 19.0. The molecule has 1 heterocycles. The zero-order chi connectivity index (χ0) is 59.5. The highest BCUT2D eigenvalue weighted by Crippen LogP contribution is 2.37. The molecule has 14 nitrogen and oxygen atoms in total. The summed E-state index contributed by atoms with van der Waals surface area (Å²) in [5.41, 5.74) is 1.84. The summed E-state index contributed by atoms with van der Waals surface area (Å²) in [5, 5.41) is 15.2. The van der Waals surface area contributed by atoms with Gasteiger partial charge in [-0.05, 0) is 107 Å². The number of carboxylic acid groups (broad SMARTS) is 1. The molecule has 2 N–H and O–H groups in total. The standard InChI is InChI=1S/C42H34F4N4O6.C18H14F4O4/c1-25-4-8-27(9-5-25)28-12-14-30(15-13-28)40-48-39(49-56-40)29-10-6-26(7-11-29)23-50(24-38(52)55-3)41(53)34-19-17-32(21-36(34)43)47-37(51)20-31-16-18-33(54-2)22-35(31)42(44,45)46;1-26-13-4-3-11(15(9-13)18(20,21)22)8-12(23)6-10-2-5-14(17(24)25)16(19)7-10/h4-19,21-22H,20,23-24H2,1-3H3,(H,47,51);2-5,7,9H,6,8H2,1H3,(H,24,25). The second kappa shape index (κ2) is 26.0. The second-order valence-electron chi connectivity index (χ2n) is 18.3. The molecule has 0 saturated heterocycles. The fraction of sp³-hybridized carbons (Fsp3) is 0.183. The first-order chi connectivity index (χ1) is 38.9. The van der Waals surface area contributed by atoms with Crippen LogP contribution in [0.4, 0.5) is 40.8 Å². The van der Waals surface area contributed by atoms with Crippen molar-refractivity contribution in [2.24, 2.45) is 0 Å². The zero-order valence-electron chi connectivity index (χ0n) is 43.9. The molecule has 0 bridgehead atoms. The molecule has 7 aromatic carbocycles. The lowest BCUT2D eigenvalue weighted by molar-refractivity contribution is -0.141. The number of nitrogens with one attached hydrogen (secondary N) is 1. The Hall–Kier alpha value is -9.73. The molecule has 0 saturated carbocycles. The summed E-state index contributed by atoms with van der Waals surface area (Å²) >= 11 is 0. The van der Waals surface area contributed by atoms with Gasteiger partial charge in [0.05, 0.1) is 50.0 Å². The highest BCUT2D eigenvalue weighted by molar-refractivity contribution is 5.98. The summed E-state index contributed by atoms with van der Waals surface area (Å²) in [7, 11) is 3.60. The fourth-order valence-electron chi connectivity index (χ4n) is 8.27. The molecule has 0 radical (unpaired) electrons. The molecule has 0 atom stereocenters. The minimum Gasteiger partial charge on any atom is -0.497 e. The third-order valence-corrected chi connectivity index (χ3v) is 12.5. The number of anilines is 1. The minimum atomic E-state index is -4.74. The molecule has 0 aliphatic heterocycles. The van der Waals surface area contributed by atoms with E-state index in [2.05, 4.69) is 39.7 Å². The van der Waals surface area contributed by atoms with Crippen molar-refractivity contribution in [2.45, 2.75) is 45.1 Å². The highest BCUT2D eigenvalue weighted by Gasteiger charge is 2.35. The largest absolute Gasteiger partial charge is 0.497 e. The van der Waals surface area contributed by atoms with Gasteiger partial charge in [0.15, 0.2) is 0 Å². The first-order valence-corrected chi connectivity index (χ1v) is 24.5. The number of hydrogen-bond acceptors (Lipinski definition) is 11. The summed E-state index contributed by atoms with van der Waals surface area (Å²) in [4.78, 5) is 67.0. The van der Waals surface area contributed by atoms with Crippen LogP contribution in [-0.2, 0) is 57.3 Å². The maximum atomic E-state index is 15.4. The smallest absolute Gasteiger partial charge is 0.416 e. The first-order valence-electron chi connectivity index (χ1n) is 24.5. The maximum Gasteiger partial charge on any atom is 0.416 e. The number of aromatic nitrogens is 2. The molecule has 82 heavy (non-hydrogen) atoms. The zero-order valence-corrected chi connectivity index (χ0v) is 43.9. The Balaban J connectivity index is 0.000000311. The van der Waals surface area contributed by atoms with E-state index in [0.717, 1.165) is 77.2 Å². The van der Waals surface area contributed by atoms with E-state index in [1.165, 1.54) is 44.0 Å². The number of methoxy groups -OCH3 is 3. The maximum absolute atomic E-state index is 15.4. The van der Waals surface area contributed by atoms with Crippen LogP contribution in [0, 0.1) is 18.6 Å². The molecule has 0 fully saturated rings. The Morgan fingerprint density at radius 3 is 1.66 bits per heavy atom. The van der Waals surface area contributed by atoms with Gasteiger partial charge in [0, 0.05) is 36.2 Å². The van der Waals surface area contributed by atoms with E-state index in [0.29, 0.717) is 22.8 Å². The number of ketones is 1. The van der Waals surface area contributed by atoms with Crippen LogP contribution in [0.5, 0.6) is 11.5 Å². The quantitative estimate of drug-likeness (QED) is 0.0612. The van der Waals surface area contributed by atoms with Crippen LogP contribution in [-0.4, -0.2) is 77.6 Å². The Morgan fingerprint density at radius 1 is 0.598 bits per heavy atom. The lowest BCUT2D eigenvalue weighted by Crippen LogP contribution is -2.36. The van der Waals surface area contributed by atoms with Crippen LogP contribution in [0.1, 0.15) is 59.7 Å². The number of ether oxygens (including phenoxy) is 3. The molecule has 2 amide bonds. The van der Waals surface area contributed by atoms with E-state index < -0.39 is 95.2 Å². The predicted molar refractivity (Wildman–Crippen MR) is 283 cm³/mol. The molecular formula is C60H48F8N4O10. The van der Waals surface area contributed by atoms with Gasteiger partial charge in [-0.2, -0.15) is 31.3 Å². The van der Waals surface area contributed by atoms with E-state index >= 15 is 4.39 Å². The van der Waals surface area contributed by atoms with Gasteiger partial charge in [-0.3, -0.25) is 19.2 Å². The van der Waals surface area contributed by atoms with Gasteiger partial charge in [-0.1, -0.05) is 89.6 Å². The number of hydrogen-bond donors (Lipinski definition) is 2. The average molecular weight is 1140 g/mol. The van der Waals surface area contributed by atoms with E-state index in [1.807, 2.05) is 31.2 Å². The Labute approximate surface area is 462 Å². The Bertz CT molecular complexity index is 3620. The van der Waals surface area contributed by atoms with Crippen molar-refractivity contribution in [1.82, 2.24) is 15.0 Å². The average Bonchev–Trinajstić information content (AvgIpc) is 4.04. The molecule has 0 spiro atoms. The molecule has 8 rings (SSSR count). The van der Waals surface area contributed by atoms with E-state index in [4.69, 9.17) is 23.8 Å². The number of aromatic carboxylic acids is 1. The summed E-state index contributed by atoms with van der Waals surface area (Å²) in [6.45, 7) is 1.42. The third-order valence-electron chi connectivity index (χ3n) is 12.5. The number of aryl methyl sites for hydroxylation is 1. The van der Waals surface area contributed by atoms with Crippen molar-refractivity contribution in [3.63, 3.8) is 0 Å². The number of rotatable bonds is 18. The summed E-state index contributed by atoms with van der Waals surface area (Å²) in [6, 6.07) is 35.6. The lowest BCUT2D eigenvalue weighted by Gasteiger charge is -2.22. The van der Waals surface area contributed by atoms with Crippen LogP contribution in [0.25, 0.3) is 34.0 Å². The van der Waals surface area contributed by atoms with Crippen LogP contribution >= 0.6 is 0 Å². The van der Waals surface area contributed by atoms with Gasteiger partial charge in [0.1, 0.15) is 35.5 Å². The topological polar surface area (TPSA) is 187 Å². The molecule has 0 unspecified atom stereocenters. The minimum absolute atomic E-state index is 0.0138. The number of benzene rings is 7. The molecule has 22 heteroatoms. The van der Waals surface area contributed by atoms with Gasteiger partial charge in [0.25, 0.3) is 11.8 Å². The number of nitrogens with zero attached hydrogens (tertiary/aromatic N) is 3. The molecular weight excluding hydrogens is 1090 g/mol. The van der Waals surface area contributed by atoms with Gasteiger partial charge in [0.2, 0.25) is 11.7 Å². The number of carboxylic acids is 1. The van der Waals surface area contributed by atoms with Crippen LogP contribution in [0.3, 0.4) is 0 Å². The molecule has 8 aromatic rings. The van der Waals surface area contributed by atoms with E-state index in [9.17, 15) is 54.7 Å². The van der Waals surface area contributed by atoms with Crippen molar-refractivity contribution in [2.75, 3.05) is 33.2 Å². The van der Waals surface area contributed by atoms with Gasteiger partial charge < -0.3 is 34.1 Å². The fourth-order valence-corrected chi connectivity index (χ4v) is 8.27. The number of Topliss-reactive ketones (excluding diaryl/α,β-unsaturated/α-hetero) is 1. The normalized spacial score (nSPS) is 11.2. The van der Waals surface area contributed by atoms with Crippen molar-refractivity contribution < 1.29 is 82.9 Å². The highest BCUT2D eigenvalue weighted by atomic mass is 19.4. The first kappa shape index (κ1) is 59.9. The predicted octanol–water partition coefficient (Wildman–Crippen LogP) is 12.4. The molecule has 1 aromatic heterocycles. The van der Waals surface area contributed by atoms with Gasteiger partial charge in [-0.25, -0.2) is 13.6 Å². The number of carbonyl (C=O) groups excluding carboxylic acids is 4. The Morgan fingerprint density at radius 2 is 1.12 bits per heavy atom. The van der Waals surface area contributed by atoms with Gasteiger partial charge >= 0.3 is 24.3 Å². The number of carbonyl (C=O) groups is 5. The van der Waals surface area contributed by atoms with E-state index in [-0.39, 0.29) is 46.8 Å². The second-order valence-corrected chi connectivity index (χ2v) is 18.3. The molecule has 0 aliphatic carbocycles. The number of alkyl halides is 6. The van der Waals surface area contributed by atoms with E-state index in [1.54, 1.807) is 24.3 Å². The number of halogens is 8. The van der Waals surface area contributed by atoms with Crippen LogP contribution in [0.2, 0.25) is 0 Å². The van der Waals surface area contributed by atoms with Crippen molar-refractivity contribution in [1.29, 1.82) is 0 Å². The monoisotopic (exact) mass is 1140 g/mol. The van der Waals surface area contributed by atoms with Crippen molar-refractivity contribution >= 4 is 35.2 Å². The lowest BCUT2D eigenvalue weighted by atomic mass is 9.97. The summed E-state index contributed by atoms with van der Waals surface area (Å²) < 4.78 is 129. The van der Waals surface area contributed by atoms with Crippen molar-refractivity contribution in [3.05, 3.63) is 207 Å². The van der Waals surface area contributed by atoms with Crippen LogP contribution < -0.4 is 14.8 Å². The van der Waals surface area contributed by atoms with Gasteiger partial charge in [-0.15, -0.1) is 0 Å². The molecule has 424 valence electrons. The summed E-state index contributed by atoms with van der Waals surface area (Å²) in [6.07, 6.45) is -10.9. The number of esters is 1. The number of amides is 2. The third kappa shape index (κ3) is 15.5. The SMILES string of the molecule is COC(=O)CN(Cc1ccc(-c2noc(-c3ccc(-c4ccc(C)cc4)cc3)n2)cc1)C(=O)c1ccc(NC(=O)Cc2ccc(OC)cc2C(F)(F)F)cc1F.COc1ccc(CC(=O)Cc2ccc(C(=O)O)c(F)c2)c(C(F)(F)F)c1. The summed E-state index contributed by atoms with van der Waals surface area (Å²) in [5.74, 6) is -5.86. The molecule has 0 aliphatic rings.